The first-order valence-corrected chi connectivity index (χ1v) is 14.7. The fraction of sp³-hybridized carbons (Fsp3) is 0.0769. The molecule has 6 aromatic carbocycles. The number of benzene rings is 6. The van der Waals surface area contributed by atoms with Crippen LogP contribution in [0.4, 0.5) is 0 Å². The first-order chi connectivity index (χ1) is 20.9. The molecule has 1 atom stereocenters. The number of ether oxygens (including phenoxy) is 1. The number of carbonyl (C=O) groups is 2. The van der Waals surface area contributed by atoms with Crippen LogP contribution in [-0.2, 0) is 0 Å². The van der Waals surface area contributed by atoms with Crippen molar-refractivity contribution >= 4 is 50.8 Å². The molecule has 0 saturated heterocycles. The molecule has 1 heterocycles. The van der Waals surface area contributed by atoms with Gasteiger partial charge in [0.15, 0.2) is 11.6 Å². The molecule has 7 rings (SSSR count). The summed E-state index contributed by atoms with van der Waals surface area (Å²) >= 11 is 6.22. The van der Waals surface area contributed by atoms with Crippen LogP contribution in [0, 0.1) is 6.92 Å². The van der Waals surface area contributed by atoms with E-state index in [0.29, 0.717) is 27.5 Å². The molecule has 0 spiro atoms. The first-order valence-electron chi connectivity index (χ1n) is 14.3. The third-order valence-corrected chi connectivity index (χ3v) is 8.38. The number of fused-ring (bicyclic) bond motifs is 3. The standard InChI is InChI=1S/C39H27ClO3/c1-24-20-36-39(34(42)23-35(43-36)31-14-13-27-7-3-5-9-30(27)22-31)38(28-15-17-32(40)18-16-28)37(24)33(41)19-11-25-10-12-26-6-2-4-8-29(26)21-25/h2-22,35H,23H2,1H3/b19-11+. The first kappa shape index (κ1) is 26.9. The minimum absolute atomic E-state index is 0.0584. The van der Waals surface area contributed by atoms with Crippen LogP contribution >= 0.6 is 11.6 Å². The highest BCUT2D eigenvalue weighted by molar-refractivity contribution is 6.30. The van der Waals surface area contributed by atoms with Gasteiger partial charge in [-0.3, -0.25) is 9.59 Å². The van der Waals surface area contributed by atoms with Crippen LogP contribution < -0.4 is 4.74 Å². The van der Waals surface area contributed by atoms with Gasteiger partial charge in [0, 0.05) is 16.1 Å². The zero-order valence-electron chi connectivity index (χ0n) is 23.5. The van der Waals surface area contributed by atoms with Crippen LogP contribution in [0.3, 0.4) is 0 Å². The molecule has 0 N–H and O–H groups in total. The van der Waals surface area contributed by atoms with E-state index in [-0.39, 0.29) is 18.0 Å². The van der Waals surface area contributed by atoms with Gasteiger partial charge < -0.3 is 4.74 Å². The summed E-state index contributed by atoms with van der Waals surface area (Å²) in [5, 5.41) is 5.05. The van der Waals surface area contributed by atoms with Crippen molar-refractivity contribution in [2.75, 3.05) is 0 Å². The summed E-state index contributed by atoms with van der Waals surface area (Å²) < 4.78 is 6.53. The Labute approximate surface area is 255 Å². The lowest BCUT2D eigenvalue weighted by Gasteiger charge is -2.29. The molecule has 0 fully saturated rings. The Balaban J connectivity index is 1.31. The highest BCUT2D eigenvalue weighted by atomic mass is 35.5. The van der Waals surface area contributed by atoms with Crippen molar-refractivity contribution in [1.29, 1.82) is 0 Å². The molecule has 0 bridgehead atoms. The second-order valence-electron chi connectivity index (χ2n) is 11.0. The number of hydrogen-bond donors (Lipinski definition) is 0. The quantitative estimate of drug-likeness (QED) is 0.151. The van der Waals surface area contributed by atoms with Crippen LogP contribution in [0.1, 0.15) is 49.9 Å². The molecule has 208 valence electrons. The summed E-state index contributed by atoms with van der Waals surface area (Å²) in [6.07, 6.45) is 3.17. The maximum absolute atomic E-state index is 13.9. The second kappa shape index (κ2) is 11.0. The number of Topliss-reactive ketones (excluding diaryl/α,β-unsaturated/α-hetero) is 1. The van der Waals surface area contributed by atoms with E-state index in [9.17, 15) is 9.59 Å². The third-order valence-electron chi connectivity index (χ3n) is 8.13. The minimum atomic E-state index is -0.420. The molecule has 43 heavy (non-hydrogen) atoms. The minimum Gasteiger partial charge on any atom is -0.484 e. The van der Waals surface area contributed by atoms with Gasteiger partial charge in [-0.25, -0.2) is 0 Å². The number of carbonyl (C=O) groups excluding carboxylic acids is 2. The molecule has 1 aliphatic heterocycles. The van der Waals surface area contributed by atoms with Crippen molar-refractivity contribution in [2.24, 2.45) is 0 Å². The van der Waals surface area contributed by atoms with E-state index < -0.39 is 6.10 Å². The van der Waals surface area contributed by atoms with Gasteiger partial charge in [0.25, 0.3) is 0 Å². The van der Waals surface area contributed by atoms with Crippen molar-refractivity contribution in [3.05, 3.63) is 154 Å². The third kappa shape index (κ3) is 5.13. The van der Waals surface area contributed by atoms with Crippen molar-refractivity contribution in [2.45, 2.75) is 19.4 Å². The maximum Gasteiger partial charge on any atom is 0.186 e. The Kier molecular flexibility index (Phi) is 6.89. The SMILES string of the molecule is Cc1cc2c(c(-c3ccc(Cl)cc3)c1C(=O)/C=C/c1ccc3ccccc3c1)C(=O)CC(c1ccc3ccccc3c1)O2. The number of aryl methyl sites for hydroxylation is 1. The van der Waals surface area contributed by atoms with Gasteiger partial charge in [0.05, 0.1) is 12.0 Å². The Morgan fingerprint density at radius 3 is 2.14 bits per heavy atom. The Morgan fingerprint density at radius 2 is 1.42 bits per heavy atom. The van der Waals surface area contributed by atoms with Crippen molar-refractivity contribution in [3.8, 4) is 16.9 Å². The van der Waals surface area contributed by atoms with Gasteiger partial charge in [0.1, 0.15) is 11.9 Å². The molecule has 0 saturated carbocycles. The normalized spacial score (nSPS) is 14.7. The predicted molar refractivity (Wildman–Crippen MR) is 175 cm³/mol. The number of rotatable bonds is 5. The molecule has 0 radical (unpaired) electrons. The summed E-state index contributed by atoms with van der Waals surface area (Å²) in [7, 11) is 0. The van der Waals surface area contributed by atoms with Crippen molar-refractivity contribution < 1.29 is 14.3 Å². The summed E-state index contributed by atoms with van der Waals surface area (Å²) in [5.41, 5.74) is 4.86. The van der Waals surface area contributed by atoms with Crippen LogP contribution in [0.5, 0.6) is 5.75 Å². The number of allylic oxidation sites excluding steroid dienone is 1. The maximum atomic E-state index is 13.9. The van der Waals surface area contributed by atoms with Gasteiger partial charge in [0.2, 0.25) is 0 Å². The fourth-order valence-electron chi connectivity index (χ4n) is 6.00. The summed E-state index contributed by atoms with van der Waals surface area (Å²) in [4.78, 5) is 27.8. The summed E-state index contributed by atoms with van der Waals surface area (Å²) in [5.74, 6) is 0.256. The Hall–Kier alpha value is -4.99. The van der Waals surface area contributed by atoms with Crippen LogP contribution in [0.15, 0.2) is 121 Å². The number of hydrogen-bond acceptors (Lipinski definition) is 3. The lowest BCUT2D eigenvalue weighted by Crippen LogP contribution is -2.22. The van der Waals surface area contributed by atoms with E-state index in [1.165, 1.54) is 0 Å². The number of halogens is 1. The van der Waals surface area contributed by atoms with Gasteiger partial charge in [-0.2, -0.15) is 0 Å². The molecular formula is C39H27ClO3. The average molecular weight is 579 g/mol. The summed E-state index contributed by atoms with van der Waals surface area (Å²) in [6.45, 7) is 1.89. The van der Waals surface area contributed by atoms with E-state index >= 15 is 0 Å². The predicted octanol–water partition coefficient (Wildman–Crippen LogP) is 10.2. The molecule has 0 aromatic heterocycles. The zero-order valence-corrected chi connectivity index (χ0v) is 24.3. The van der Waals surface area contributed by atoms with Gasteiger partial charge >= 0.3 is 0 Å². The molecule has 0 aliphatic carbocycles. The highest BCUT2D eigenvalue weighted by Gasteiger charge is 2.33. The lowest BCUT2D eigenvalue weighted by atomic mass is 9.83. The number of ketones is 2. The molecule has 3 nitrogen and oxygen atoms in total. The largest absolute Gasteiger partial charge is 0.484 e. The molecule has 1 unspecified atom stereocenters. The summed E-state index contributed by atoms with van der Waals surface area (Å²) in [6, 6.07) is 37.6. The topological polar surface area (TPSA) is 43.4 Å². The van der Waals surface area contributed by atoms with E-state index in [0.717, 1.165) is 43.8 Å². The Bertz CT molecular complexity index is 2090. The van der Waals surface area contributed by atoms with E-state index in [2.05, 4.69) is 42.5 Å². The molecule has 1 aliphatic rings. The van der Waals surface area contributed by atoms with Crippen LogP contribution in [0.2, 0.25) is 5.02 Å². The fourth-order valence-corrected chi connectivity index (χ4v) is 6.13. The molecule has 0 amide bonds. The van der Waals surface area contributed by atoms with Gasteiger partial charge in [-0.1, -0.05) is 103 Å². The Morgan fingerprint density at radius 1 is 0.767 bits per heavy atom. The monoisotopic (exact) mass is 578 g/mol. The van der Waals surface area contributed by atoms with Crippen molar-refractivity contribution in [3.63, 3.8) is 0 Å². The molecule has 4 heteroatoms. The zero-order chi connectivity index (χ0) is 29.5. The smallest absolute Gasteiger partial charge is 0.186 e. The van der Waals surface area contributed by atoms with Crippen molar-refractivity contribution in [1.82, 2.24) is 0 Å². The molecule has 6 aromatic rings. The van der Waals surface area contributed by atoms with Crippen LogP contribution in [-0.4, -0.2) is 11.6 Å². The highest BCUT2D eigenvalue weighted by Crippen LogP contribution is 2.44. The van der Waals surface area contributed by atoms with E-state index in [4.69, 9.17) is 16.3 Å². The second-order valence-corrected chi connectivity index (χ2v) is 11.4. The molecular weight excluding hydrogens is 552 g/mol. The van der Waals surface area contributed by atoms with E-state index in [1.807, 2.05) is 73.7 Å². The average Bonchev–Trinajstić information content (AvgIpc) is 3.03. The van der Waals surface area contributed by atoms with Crippen LogP contribution in [0.25, 0.3) is 38.7 Å². The van der Waals surface area contributed by atoms with E-state index in [1.54, 1.807) is 18.2 Å². The van der Waals surface area contributed by atoms with Gasteiger partial charge in [-0.15, -0.1) is 0 Å². The lowest BCUT2D eigenvalue weighted by molar-refractivity contribution is 0.0851. The van der Waals surface area contributed by atoms with Gasteiger partial charge in [-0.05, 0) is 87.1 Å².